The zero-order valence-electron chi connectivity index (χ0n) is 23.3. The van der Waals surface area contributed by atoms with Crippen LogP contribution >= 0.6 is 0 Å². The van der Waals surface area contributed by atoms with Gasteiger partial charge in [0.15, 0.2) is 17.3 Å². The molecular formula is C32H39NO6. The number of likely N-dealkylation sites (tertiary alicyclic amines) is 1. The highest BCUT2D eigenvalue weighted by atomic mass is 16.5. The van der Waals surface area contributed by atoms with Crippen molar-refractivity contribution in [2.24, 2.45) is 5.92 Å². The van der Waals surface area contributed by atoms with Crippen LogP contribution in [0.3, 0.4) is 0 Å². The van der Waals surface area contributed by atoms with Crippen LogP contribution in [-0.2, 0) is 5.60 Å². The highest BCUT2D eigenvalue weighted by Crippen LogP contribution is 2.43. The quantitative estimate of drug-likeness (QED) is 0.249. The number of ether oxygens (including phenoxy) is 4. The van der Waals surface area contributed by atoms with E-state index in [1.807, 2.05) is 48.5 Å². The SMILES string of the molecule is COc1ccc(C(O)(c2ccc(OC)cc2)C2CCN(CCCOc3ccc(C(C)=O)cc3OC)CC2)cc1. The molecule has 208 valence electrons. The van der Waals surface area contributed by atoms with Crippen molar-refractivity contribution < 1.29 is 28.8 Å². The van der Waals surface area contributed by atoms with E-state index in [2.05, 4.69) is 4.90 Å². The van der Waals surface area contributed by atoms with Crippen molar-refractivity contribution in [3.63, 3.8) is 0 Å². The summed E-state index contributed by atoms with van der Waals surface area (Å²) in [6.45, 7) is 4.79. The molecule has 1 fully saturated rings. The van der Waals surface area contributed by atoms with Gasteiger partial charge < -0.3 is 29.0 Å². The van der Waals surface area contributed by atoms with Gasteiger partial charge in [0, 0.05) is 12.1 Å². The summed E-state index contributed by atoms with van der Waals surface area (Å²) < 4.78 is 22.0. The van der Waals surface area contributed by atoms with E-state index in [9.17, 15) is 9.90 Å². The van der Waals surface area contributed by atoms with Crippen LogP contribution in [0.5, 0.6) is 23.0 Å². The molecule has 3 aromatic carbocycles. The van der Waals surface area contributed by atoms with Crippen LogP contribution in [0.4, 0.5) is 0 Å². The van der Waals surface area contributed by atoms with Crippen LogP contribution in [0.1, 0.15) is 47.7 Å². The number of aliphatic hydroxyl groups is 1. The van der Waals surface area contributed by atoms with E-state index in [1.54, 1.807) is 39.5 Å². The lowest BCUT2D eigenvalue weighted by atomic mass is 9.72. The monoisotopic (exact) mass is 533 g/mol. The lowest BCUT2D eigenvalue weighted by Gasteiger charge is -2.42. The number of methoxy groups -OCH3 is 3. The number of hydrogen-bond acceptors (Lipinski definition) is 7. The summed E-state index contributed by atoms with van der Waals surface area (Å²) in [5.74, 6) is 2.80. The van der Waals surface area contributed by atoms with Crippen molar-refractivity contribution in [3.05, 3.63) is 83.4 Å². The number of piperidine rings is 1. The molecule has 39 heavy (non-hydrogen) atoms. The van der Waals surface area contributed by atoms with E-state index >= 15 is 0 Å². The lowest BCUT2D eigenvalue weighted by molar-refractivity contribution is -0.0146. The summed E-state index contributed by atoms with van der Waals surface area (Å²) in [6, 6.07) is 20.7. The minimum absolute atomic E-state index is 0.00543. The molecular weight excluding hydrogens is 494 g/mol. The molecule has 0 amide bonds. The van der Waals surface area contributed by atoms with Crippen LogP contribution in [0.25, 0.3) is 0 Å². The molecule has 1 N–H and O–H groups in total. The fourth-order valence-electron chi connectivity index (χ4n) is 5.38. The van der Waals surface area contributed by atoms with Gasteiger partial charge in [-0.1, -0.05) is 24.3 Å². The van der Waals surface area contributed by atoms with E-state index in [1.165, 1.54) is 6.92 Å². The predicted octanol–water partition coefficient (Wildman–Crippen LogP) is 5.33. The first kappa shape index (κ1) is 28.5. The number of ketones is 1. The van der Waals surface area contributed by atoms with Gasteiger partial charge in [0.25, 0.3) is 0 Å². The maximum absolute atomic E-state index is 12.3. The Hall–Kier alpha value is -3.55. The molecule has 0 aromatic heterocycles. The van der Waals surface area contributed by atoms with E-state index in [-0.39, 0.29) is 11.7 Å². The summed E-state index contributed by atoms with van der Waals surface area (Å²) in [5, 5.41) is 12.3. The third-order valence-electron chi connectivity index (χ3n) is 7.69. The number of hydrogen-bond donors (Lipinski definition) is 1. The number of rotatable bonds is 12. The van der Waals surface area contributed by atoms with Crippen LogP contribution in [-0.4, -0.2) is 63.4 Å². The minimum Gasteiger partial charge on any atom is -0.497 e. The second-order valence-electron chi connectivity index (χ2n) is 9.96. The molecule has 1 aliphatic rings. The average molecular weight is 534 g/mol. The van der Waals surface area contributed by atoms with E-state index < -0.39 is 5.60 Å². The number of carbonyl (C=O) groups is 1. The number of carbonyl (C=O) groups excluding carboxylic acids is 1. The molecule has 0 atom stereocenters. The van der Waals surface area contributed by atoms with Gasteiger partial charge >= 0.3 is 0 Å². The molecule has 1 heterocycles. The van der Waals surface area contributed by atoms with Gasteiger partial charge in [-0.2, -0.15) is 0 Å². The number of Topliss-reactive ketones (excluding diaryl/α,β-unsaturated/α-hetero) is 1. The Morgan fingerprint density at radius 1 is 0.846 bits per heavy atom. The van der Waals surface area contributed by atoms with Crippen molar-refractivity contribution in [1.29, 1.82) is 0 Å². The number of nitrogens with zero attached hydrogens (tertiary/aromatic N) is 1. The molecule has 0 bridgehead atoms. The Labute approximate surface area is 231 Å². The molecule has 7 heteroatoms. The highest BCUT2D eigenvalue weighted by Gasteiger charge is 2.41. The van der Waals surface area contributed by atoms with Crippen molar-refractivity contribution in [3.8, 4) is 23.0 Å². The van der Waals surface area contributed by atoms with Gasteiger partial charge in [0.1, 0.15) is 17.1 Å². The molecule has 4 rings (SSSR count). The molecule has 0 spiro atoms. The fraction of sp³-hybridized carbons (Fsp3) is 0.406. The topological polar surface area (TPSA) is 77.5 Å². The molecule has 0 aliphatic carbocycles. The van der Waals surface area contributed by atoms with Crippen molar-refractivity contribution in [2.75, 3.05) is 47.6 Å². The zero-order valence-corrected chi connectivity index (χ0v) is 23.3. The third kappa shape index (κ3) is 6.54. The summed E-state index contributed by atoms with van der Waals surface area (Å²) in [6.07, 6.45) is 2.61. The molecule has 7 nitrogen and oxygen atoms in total. The van der Waals surface area contributed by atoms with Crippen LogP contribution in [0.2, 0.25) is 0 Å². The zero-order chi connectivity index (χ0) is 27.8. The van der Waals surface area contributed by atoms with E-state index in [0.717, 1.165) is 61.5 Å². The first-order chi connectivity index (χ1) is 18.9. The molecule has 0 radical (unpaired) electrons. The van der Waals surface area contributed by atoms with E-state index in [4.69, 9.17) is 18.9 Å². The molecule has 1 aliphatic heterocycles. The standard InChI is InChI=1S/C32H39NO6/c1-23(34)24-6-15-30(31(22-24)38-4)39-21-5-18-33-19-16-27(17-20-33)32(35,25-7-11-28(36-2)12-8-25)26-9-13-29(37-3)14-10-26/h6-15,22,27,35H,5,16-21H2,1-4H3. The van der Waals surface area contributed by atoms with Gasteiger partial charge in [-0.25, -0.2) is 0 Å². The Kier molecular flexibility index (Phi) is 9.49. The first-order valence-corrected chi connectivity index (χ1v) is 13.4. The summed E-state index contributed by atoms with van der Waals surface area (Å²) in [5.41, 5.74) is 1.22. The van der Waals surface area contributed by atoms with Gasteiger partial charge in [-0.05, 0) is 98.8 Å². The largest absolute Gasteiger partial charge is 0.497 e. The Balaban J connectivity index is 1.37. The smallest absolute Gasteiger partial charge is 0.161 e. The molecule has 1 saturated heterocycles. The fourth-order valence-corrected chi connectivity index (χ4v) is 5.38. The highest BCUT2D eigenvalue weighted by molar-refractivity contribution is 5.94. The van der Waals surface area contributed by atoms with Gasteiger partial charge in [-0.3, -0.25) is 4.79 Å². The van der Waals surface area contributed by atoms with Gasteiger partial charge in [0.2, 0.25) is 0 Å². The van der Waals surface area contributed by atoms with Crippen LogP contribution in [0, 0.1) is 5.92 Å². The minimum atomic E-state index is -1.11. The Morgan fingerprint density at radius 3 is 1.90 bits per heavy atom. The normalized spacial score (nSPS) is 14.6. The molecule has 0 unspecified atom stereocenters. The van der Waals surface area contributed by atoms with Crippen LogP contribution < -0.4 is 18.9 Å². The second kappa shape index (κ2) is 13.0. The van der Waals surface area contributed by atoms with Crippen molar-refractivity contribution in [1.82, 2.24) is 4.90 Å². The second-order valence-corrected chi connectivity index (χ2v) is 9.96. The predicted molar refractivity (Wildman–Crippen MR) is 151 cm³/mol. The molecule has 0 saturated carbocycles. The van der Waals surface area contributed by atoms with Crippen LogP contribution in [0.15, 0.2) is 66.7 Å². The maximum Gasteiger partial charge on any atom is 0.161 e. The lowest BCUT2D eigenvalue weighted by Crippen LogP contribution is -2.44. The molecule has 3 aromatic rings. The Morgan fingerprint density at radius 2 is 1.41 bits per heavy atom. The van der Waals surface area contributed by atoms with Gasteiger partial charge in [0.05, 0.1) is 27.9 Å². The first-order valence-electron chi connectivity index (χ1n) is 13.4. The average Bonchev–Trinajstić information content (AvgIpc) is 2.99. The Bertz CT molecular complexity index is 1170. The summed E-state index contributed by atoms with van der Waals surface area (Å²) >= 11 is 0. The maximum atomic E-state index is 12.3. The summed E-state index contributed by atoms with van der Waals surface area (Å²) in [4.78, 5) is 14.1. The van der Waals surface area contributed by atoms with Gasteiger partial charge in [-0.15, -0.1) is 0 Å². The van der Waals surface area contributed by atoms with E-state index in [0.29, 0.717) is 23.7 Å². The van der Waals surface area contributed by atoms with Crippen molar-refractivity contribution in [2.45, 2.75) is 31.8 Å². The van der Waals surface area contributed by atoms with Crippen molar-refractivity contribution >= 4 is 5.78 Å². The number of benzene rings is 3. The summed E-state index contributed by atoms with van der Waals surface area (Å²) in [7, 11) is 4.87. The third-order valence-corrected chi connectivity index (χ3v) is 7.69.